The Morgan fingerprint density at radius 1 is 1.33 bits per heavy atom. The van der Waals surface area contributed by atoms with Crippen LogP contribution < -0.4 is 10.1 Å². The first kappa shape index (κ1) is 20.0. The lowest BCUT2D eigenvalue weighted by Crippen LogP contribution is -2.46. The summed E-state index contributed by atoms with van der Waals surface area (Å²) in [6.07, 6.45) is 4.63. The van der Waals surface area contributed by atoms with Gasteiger partial charge in [-0.15, -0.1) is 0 Å². The second kappa shape index (κ2) is 7.50. The summed E-state index contributed by atoms with van der Waals surface area (Å²) in [6.45, 7) is 3.59. The van der Waals surface area contributed by atoms with Gasteiger partial charge in [-0.2, -0.15) is 0 Å². The van der Waals surface area contributed by atoms with Gasteiger partial charge in [0.2, 0.25) is 5.91 Å². The van der Waals surface area contributed by atoms with E-state index < -0.39 is 5.60 Å². The van der Waals surface area contributed by atoms with Gasteiger partial charge in [-0.05, 0) is 43.7 Å². The Kier molecular flexibility index (Phi) is 4.99. The predicted octanol–water partition coefficient (Wildman–Crippen LogP) is 4.26. The Bertz CT molecular complexity index is 1180. The van der Waals surface area contributed by atoms with Gasteiger partial charge in [0.25, 0.3) is 5.91 Å². The van der Waals surface area contributed by atoms with Gasteiger partial charge < -0.3 is 19.4 Å². The molecule has 0 aliphatic carbocycles. The monoisotopic (exact) mass is 425 g/mol. The van der Waals surface area contributed by atoms with E-state index in [-0.39, 0.29) is 18.4 Å². The van der Waals surface area contributed by atoms with E-state index in [1.165, 1.54) is 11.0 Å². The molecule has 0 unspecified atom stereocenters. The molecule has 4 rings (SSSR count). The molecule has 0 bridgehead atoms. The molecule has 154 valence electrons. The molecular weight excluding hydrogens is 406 g/mol. The van der Waals surface area contributed by atoms with Crippen LogP contribution in [0.4, 0.5) is 5.82 Å². The minimum absolute atomic E-state index is 0.223. The van der Waals surface area contributed by atoms with Crippen LogP contribution in [0.25, 0.3) is 17.0 Å². The number of para-hydroxylation sites is 1. The average molecular weight is 426 g/mol. The van der Waals surface area contributed by atoms with Crippen molar-refractivity contribution in [2.24, 2.45) is 0 Å². The molecular formula is C22H20ClN3O4. The molecule has 3 aromatic rings. The zero-order valence-electron chi connectivity index (χ0n) is 16.7. The number of nitrogens with one attached hydrogen (secondary N) is 1. The molecule has 8 heteroatoms. The summed E-state index contributed by atoms with van der Waals surface area (Å²) in [6, 6.07) is 9.19. The third-order valence-electron chi connectivity index (χ3n) is 4.79. The number of amides is 2. The van der Waals surface area contributed by atoms with Crippen LogP contribution in [0.5, 0.6) is 5.75 Å². The summed E-state index contributed by atoms with van der Waals surface area (Å²) in [5.41, 5.74) is 0.368. The fraction of sp³-hybridized carbons (Fsp3) is 0.227. The number of halogens is 1. The highest BCUT2D eigenvalue weighted by Gasteiger charge is 2.36. The lowest BCUT2D eigenvalue weighted by molar-refractivity contribution is -0.129. The second-order valence-electron chi connectivity index (χ2n) is 7.54. The average Bonchev–Trinajstić information content (AvgIpc) is 3.02. The largest absolute Gasteiger partial charge is 0.474 e. The quantitative estimate of drug-likeness (QED) is 0.631. The van der Waals surface area contributed by atoms with E-state index in [1.54, 1.807) is 39.2 Å². The van der Waals surface area contributed by atoms with E-state index in [0.717, 1.165) is 5.39 Å². The molecule has 30 heavy (non-hydrogen) atoms. The van der Waals surface area contributed by atoms with Crippen LogP contribution in [0.3, 0.4) is 0 Å². The van der Waals surface area contributed by atoms with Crippen LogP contribution in [0.2, 0.25) is 5.02 Å². The molecule has 0 saturated heterocycles. The second-order valence-corrected chi connectivity index (χ2v) is 7.92. The van der Waals surface area contributed by atoms with E-state index in [1.807, 2.05) is 24.3 Å². The molecule has 0 fully saturated rings. The summed E-state index contributed by atoms with van der Waals surface area (Å²) >= 11 is 6.38. The maximum atomic E-state index is 12.5. The van der Waals surface area contributed by atoms with Gasteiger partial charge in [-0.1, -0.05) is 23.7 Å². The molecule has 3 heterocycles. The van der Waals surface area contributed by atoms with Crippen molar-refractivity contribution >= 4 is 46.3 Å². The number of aromatic nitrogens is 1. The molecule has 1 aliphatic rings. The number of benzene rings is 1. The van der Waals surface area contributed by atoms with E-state index in [9.17, 15) is 9.59 Å². The smallest absolute Gasteiger partial charge is 0.269 e. The van der Waals surface area contributed by atoms with E-state index in [4.69, 9.17) is 20.8 Å². The minimum atomic E-state index is -0.987. The third-order valence-corrected chi connectivity index (χ3v) is 5.21. The van der Waals surface area contributed by atoms with Crippen LogP contribution in [0.15, 0.2) is 47.0 Å². The van der Waals surface area contributed by atoms with Crippen LogP contribution in [0.1, 0.15) is 25.2 Å². The highest BCUT2D eigenvalue weighted by molar-refractivity contribution is 6.36. The standard InChI is InChI=1S/C22H20ClN3O4/c1-22(2)21(28)25-20-16(30-22)10-13(11-24-20)8-9-18(27)26(3)12-17-19(23)14-6-4-5-7-15(14)29-17/h4-11H,12H2,1-3H3,(H,24,25,28)/b9-8+. The highest BCUT2D eigenvalue weighted by Crippen LogP contribution is 2.33. The van der Waals surface area contributed by atoms with Crippen molar-refractivity contribution < 1.29 is 18.7 Å². The maximum absolute atomic E-state index is 12.5. The molecule has 7 nitrogen and oxygen atoms in total. The van der Waals surface area contributed by atoms with Crippen LogP contribution >= 0.6 is 11.6 Å². The summed E-state index contributed by atoms with van der Waals surface area (Å²) in [7, 11) is 1.67. The molecule has 0 saturated carbocycles. The van der Waals surface area contributed by atoms with Gasteiger partial charge in [0.15, 0.2) is 17.2 Å². The van der Waals surface area contributed by atoms with Gasteiger partial charge in [0.1, 0.15) is 11.3 Å². The first-order chi connectivity index (χ1) is 14.2. The minimum Gasteiger partial charge on any atom is -0.474 e. The number of furan rings is 1. The topological polar surface area (TPSA) is 84.7 Å². The molecule has 0 spiro atoms. The fourth-order valence-electron chi connectivity index (χ4n) is 3.06. The van der Waals surface area contributed by atoms with Gasteiger partial charge in [0.05, 0.1) is 11.6 Å². The molecule has 1 N–H and O–H groups in total. The molecule has 2 aromatic heterocycles. The Morgan fingerprint density at radius 3 is 2.87 bits per heavy atom. The number of carbonyl (C=O) groups excluding carboxylic acids is 2. The number of likely N-dealkylation sites (N-methyl/N-ethyl adjacent to an activating group) is 1. The normalized spacial score (nSPS) is 15.0. The summed E-state index contributed by atoms with van der Waals surface area (Å²) in [5.74, 6) is 0.866. The van der Waals surface area contributed by atoms with Crippen LogP contribution in [-0.2, 0) is 16.1 Å². The number of fused-ring (bicyclic) bond motifs is 2. The molecule has 1 aromatic carbocycles. The summed E-state index contributed by atoms with van der Waals surface area (Å²) in [4.78, 5) is 30.2. The fourth-order valence-corrected chi connectivity index (χ4v) is 3.31. The van der Waals surface area contributed by atoms with E-state index in [2.05, 4.69) is 10.3 Å². The van der Waals surface area contributed by atoms with Crippen molar-refractivity contribution in [1.29, 1.82) is 0 Å². The zero-order chi connectivity index (χ0) is 21.5. The SMILES string of the molecule is CN(Cc1oc2ccccc2c1Cl)C(=O)/C=C/c1cnc2c(c1)OC(C)(C)C(=O)N2. The summed E-state index contributed by atoms with van der Waals surface area (Å²) in [5, 5.41) is 4.04. The van der Waals surface area contributed by atoms with Gasteiger partial charge >= 0.3 is 0 Å². The van der Waals surface area contributed by atoms with Gasteiger partial charge in [-0.3, -0.25) is 9.59 Å². The van der Waals surface area contributed by atoms with Crippen molar-refractivity contribution in [3.8, 4) is 5.75 Å². The van der Waals surface area contributed by atoms with E-state index in [0.29, 0.717) is 33.5 Å². The predicted molar refractivity (Wildman–Crippen MR) is 114 cm³/mol. The maximum Gasteiger partial charge on any atom is 0.269 e. The number of rotatable bonds is 4. The Morgan fingerprint density at radius 2 is 2.10 bits per heavy atom. The molecule has 2 amide bonds. The zero-order valence-corrected chi connectivity index (χ0v) is 17.5. The van der Waals surface area contributed by atoms with Crippen molar-refractivity contribution in [1.82, 2.24) is 9.88 Å². The molecule has 0 radical (unpaired) electrons. The number of ether oxygens (including phenoxy) is 1. The Balaban J connectivity index is 1.47. The lowest BCUT2D eigenvalue weighted by atomic mass is 10.1. The summed E-state index contributed by atoms with van der Waals surface area (Å²) < 4.78 is 11.5. The van der Waals surface area contributed by atoms with Crippen molar-refractivity contribution in [2.75, 3.05) is 12.4 Å². The van der Waals surface area contributed by atoms with Crippen molar-refractivity contribution in [2.45, 2.75) is 26.0 Å². The van der Waals surface area contributed by atoms with Crippen molar-refractivity contribution in [3.63, 3.8) is 0 Å². The lowest BCUT2D eigenvalue weighted by Gasteiger charge is -2.30. The molecule has 0 atom stereocenters. The number of carbonyl (C=O) groups is 2. The number of nitrogens with zero attached hydrogens (tertiary/aromatic N) is 2. The third kappa shape index (κ3) is 3.76. The number of pyridine rings is 1. The van der Waals surface area contributed by atoms with Crippen LogP contribution in [0, 0.1) is 0 Å². The number of anilines is 1. The Hall–Kier alpha value is -3.32. The number of hydrogen-bond donors (Lipinski definition) is 1. The van der Waals surface area contributed by atoms with Gasteiger partial charge in [-0.25, -0.2) is 4.98 Å². The van der Waals surface area contributed by atoms with E-state index >= 15 is 0 Å². The Labute approximate surface area is 178 Å². The first-order valence-electron chi connectivity index (χ1n) is 9.34. The van der Waals surface area contributed by atoms with Gasteiger partial charge in [0, 0.05) is 24.7 Å². The first-order valence-corrected chi connectivity index (χ1v) is 9.72. The highest BCUT2D eigenvalue weighted by atomic mass is 35.5. The number of hydrogen-bond acceptors (Lipinski definition) is 5. The van der Waals surface area contributed by atoms with Crippen LogP contribution in [-0.4, -0.2) is 34.3 Å². The molecule has 1 aliphatic heterocycles. The van der Waals surface area contributed by atoms with Crippen molar-refractivity contribution in [3.05, 3.63) is 59.0 Å².